The molecule has 0 aliphatic heterocycles. The number of hydrogen-bond acceptors (Lipinski definition) is 3. The molecule has 0 atom stereocenters. The lowest BCUT2D eigenvalue weighted by Crippen LogP contribution is -2.33. The highest BCUT2D eigenvalue weighted by Crippen LogP contribution is 2.37. The van der Waals surface area contributed by atoms with Crippen molar-refractivity contribution in [3.8, 4) is 0 Å². The van der Waals surface area contributed by atoms with Crippen LogP contribution in [0.4, 0.5) is 5.69 Å². The molecule has 3 nitrogen and oxygen atoms in total. The molecule has 0 saturated heterocycles. The van der Waals surface area contributed by atoms with E-state index in [9.17, 15) is 4.79 Å². The summed E-state index contributed by atoms with van der Waals surface area (Å²) in [5.41, 5.74) is 8.05. The molecule has 2 aromatic rings. The molecule has 1 saturated carbocycles. The predicted molar refractivity (Wildman–Crippen MR) is 85.3 cm³/mol. The van der Waals surface area contributed by atoms with E-state index in [-0.39, 0.29) is 5.91 Å². The van der Waals surface area contributed by atoms with Gasteiger partial charge in [-0.25, -0.2) is 0 Å². The number of aryl methyl sites for hydroxylation is 1. The summed E-state index contributed by atoms with van der Waals surface area (Å²) in [6.45, 7) is 4.99. The molecule has 1 aliphatic rings. The molecule has 0 radical (unpaired) electrons. The van der Waals surface area contributed by atoms with E-state index in [1.165, 1.54) is 16.9 Å². The van der Waals surface area contributed by atoms with E-state index >= 15 is 0 Å². The summed E-state index contributed by atoms with van der Waals surface area (Å²) >= 11 is 1.52. The van der Waals surface area contributed by atoms with Crippen molar-refractivity contribution in [3.63, 3.8) is 0 Å². The topological polar surface area (TPSA) is 46.3 Å². The number of rotatable bonds is 4. The van der Waals surface area contributed by atoms with Crippen LogP contribution in [0.2, 0.25) is 0 Å². The summed E-state index contributed by atoms with van der Waals surface area (Å²) in [6.07, 6.45) is 3.26. The van der Waals surface area contributed by atoms with Crippen LogP contribution in [0.1, 0.15) is 41.4 Å². The molecule has 3 rings (SSSR count). The molecule has 1 aromatic heterocycles. The van der Waals surface area contributed by atoms with E-state index in [0.29, 0.717) is 16.6 Å². The largest absolute Gasteiger partial charge is 0.397 e. The molecule has 2 N–H and O–H groups in total. The highest BCUT2D eigenvalue weighted by Gasteiger charge is 2.34. The molecule has 20 heavy (non-hydrogen) atoms. The van der Waals surface area contributed by atoms with Gasteiger partial charge in [0.2, 0.25) is 0 Å². The molecular formula is C16H20N2OS. The normalized spacial score (nSPS) is 14.7. The maximum Gasteiger partial charge on any atom is 0.266 e. The van der Waals surface area contributed by atoms with Crippen molar-refractivity contribution in [2.45, 2.75) is 39.2 Å². The molecule has 0 spiro atoms. The fraction of sp³-hybridized carbons (Fsp3) is 0.438. The van der Waals surface area contributed by atoms with Gasteiger partial charge in [0.1, 0.15) is 4.88 Å². The maximum atomic E-state index is 12.7. The van der Waals surface area contributed by atoms with Gasteiger partial charge in [-0.3, -0.25) is 4.79 Å². The monoisotopic (exact) mass is 288 g/mol. The zero-order chi connectivity index (χ0) is 14.3. The molecule has 4 heteroatoms. The van der Waals surface area contributed by atoms with Crippen LogP contribution in [0, 0.1) is 6.92 Å². The lowest BCUT2D eigenvalue weighted by atomic mass is 10.1. The minimum Gasteiger partial charge on any atom is -0.397 e. The summed E-state index contributed by atoms with van der Waals surface area (Å²) in [5, 5.41) is 1.02. The Morgan fingerprint density at radius 1 is 1.45 bits per heavy atom. The Morgan fingerprint density at radius 2 is 2.20 bits per heavy atom. The Hall–Kier alpha value is -1.55. The van der Waals surface area contributed by atoms with Crippen molar-refractivity contribution in [2.24, 2.45) is 0 Å². The van der Waals surface area contributed by atoms with Gasteiger partial charge in [0.05, 0.1) is 5.69 Å². The summed E-state index contributed by atoms with van der Waals surface area (Å²) in [7, 11) is 0. The van der Waals surface area contributed by atoms with E-state index in [1.807, 2.05) is 11.8 Å². The predicted octanol–water partition coefficient (Wildman–Crippen LogP) is 3.81. The van der Waals surface area contributed by atoms with Crippen LogP contribution in [0.25, 0.3) is 10.1 Å². The first kappa shape index (κ1) is 13.4. The quantitative estimate of drug-likeness (QED) is 0.930. The number of hydrogen-bond donors (Lipinski definition) is 1. The number of carbonyl (C=O) groups is 1. The van der Waals surface area contributed by atoms with Gasteiger partial charge < -0.3 is 10.6 Å². The Balaban J connectivity index is 2.00. The second kappa shape index (κ2) is 5.09. The zero-order valence-electron chi connectivity index (χ0n) is 12.0. The van der Waals surface area contributed by atoms with Crippen LogP contribution in [0.3, 0.4) is 0 Å². The number of fused-ring (bicyclic) bond motifs is 1. The Kier molecular flexibility index (Phi) is 3.42. The number of benzene rings is 1. The van der Waals surface area contributed by atoms with Crippen LogP contribution in [-0.4, -0.2) is 23.4 Å². The average molecular weight is 288 g/mol. The van der Waals surface area contributed by atoms with E-state index in [4.69, 9.17) is 5.73 Å². The molecule has 0 bridgehead atoms. The highest BCUT2D eigenvalue weighted by atomic mass is 32.1. The van der Waals surface area contributed by atoms with Crippen molar-refractivity contribution < 1.29 is 4.79 Å². The Labute approximate surface area is 123 Å². The first-order valence-corrected chi connectivity index (χ1v) is 8.03. The molecule has 1 aromatic carbocycles. The van der Waals surface area contributed by atoms with Gasteiger partial charge in [-0.05, 0) is 38.3 Å². The summed E-state index contributed by atoms with van der Waals surface area (Å²) in [5.74, 6) is 0.116. The van der Waals surface area contributed by atoms with Gasteiger partial charge in [0, 0.05) is 22.7 Å². The van der Waals surface area contributed by atoms with E-state index < -0.39 is 0 Å². The third-order valence-corrected chi connectivity index (χ3v) is 4.96. The second-order valence-electron chi connectivity index (χ2n) is 5.57. The van der Waals surface area contributed by atoms with Crippen molar-refractivity contribution in [1.82, 2.24) is 4.90 Å². The Morgan fingerprint density at radius 3 is 2.85 bits per heavy atom. The lowest BCUT2D eigenvalue weighted by molar-refractivity contribution is 0.0749. The van der Waals surface area contributed by atoms with Gasteiger partial charge >= 0.3 is 0 Å². The van der Waals surface area contributed by atoms with E-state index in [1.54, 1.807) is 0 Å². The molecule has 1 amide bonds. The lowest BCUT2D eigenvalue weighted by Gasteiger charge is -2.21. The molecule has 0 unspecified atom stereocenters. The van der Waals surface area contributed by atoms with Gasteiger partial charge in [-0.2, -0.15) is 0 Å². The number of carbonyl (C=O) groups excluding carboxylic acids is 1. The molecule has 1 heterocycles. The van der Waals surface area contributed by atoms with E-state index in [0.717, 1.165) is 35.9 Å². The van der Waals surface area contributed by atoms with Crippen molar-refractivity contribution in [2.75, 3.05) is 12.3 Å². The van der Waals surface area contributed by atoms with E-state index in [2.05, 4.69) is 25.1 Å². The molecule has 1 fully saturated rings. The van der Waals surface area contributed by atoms with Crippen molar-refractivity contribution in [1.29, 1.82) is 0 Å². The second-order valence-corrected chi connectivity index (χ2v) is 6.63. The van der Waals surface area contributed by atoms with Gasteiger partial charge in [-0.1, -0.05) is 18.6 Å². The van der Waals surface area contributed by atoms with Crippen LogP contribution in [-0.2, 0) is 0 Å². The third-order valence-electron chi connectivity index (χ3n) is 3.79. The first-order valence-electron chi connectivity index (χ1n) is 7.21. The first-order chi connectivity index (χ1) is 9.61. The number of nitrogens with zero attached hydrogens (tertiary/aromatic N) is 1. The standard InChI is InChI=1S/C16H20N2OS/c1-3-8-18(11-5-6-11)16(19)15-14(17)12-9-10(2)4-7-13(12)20-15/h4,7,9,11H,3,5-6,8,17H2,1-2H3. The Bertz CT molecular complexity index is 658. The van der Waals surface area contributed by atoms with Gasteiger partial charge in [0.15, 0.2) is 0 Å². The fourth-order valence-corrected chi connectivity index (χ4v) is 3.66. The number of anilines is 1. The maximum absolute atomic E-state index is 12.7. The zero-order valence-corrected chi connectivity index (χ0v) is 12.8. The van der Waals surface area contributed by atoms with Gasteiger partial charge in [0.25, 0.3) is 5.91 Å². The fourth-order valence-electron chi connectivity index (χ4n) is 2.60. The van der Waals surface area contributed by atoms with Gasteiger partial charge in [-0.15, -0.1) is 11.3 Å². The molecule has 1 aliphatic carbocycles. The van der Waals surface area contributed by atoms with Crippen molar-refractivity contribution in [3.05, 3.63) is 28.6 Å². The van der Waals surface area contributed by atoms with Crippen LogP contribution in [0.15, 0.2) is 18.2 Å². The number of thiophene rings is 1. The average Bonchev–Trinajstić information content (AvgIpc) is 3.22. The third kappa shape index (κ3) is 2.29. The van der Waals surface area contributed by atoms with Crippen LogP contribution >= 0.6 is 11.3 Å². The number of amides is 1. The summed E-state index contributed by atoms with van der Waals surface area (Å²) < 4.78 is 1.10. The summed E-state index contributed by atoms with van der Waals surface area (Å²) in [6, 6.07) is 6.63. The minimum absolute atomic E-state index is 0.116. The molecule has 106 valence electrons. The van der Waals surface area contributed by atoms with Crippen LogP contribution < -0.4 is 5.73 Å². The van der Waals surface area contributed by atoms with Crippen molar-refractivity contribution >= 4 is 33.0 Å². The number of nitrogen functional groups attached to an aromatic ring is 1. The van der Waals surface area contributed by atoms with Crippen LogP contribution in [0.5, 0.6) is 0 Å². The highest BCUT2D eigenvalue weighted by molar-refractivity contribution is 7.21. The number of nitrogens with two attached hydrogens (primary N) is 1. The smallest absolute Gasteiger partial charge is 0.266 e. The SMILES string of the molecule is CCCN(C(=O)c1sc2ccc(C)cc2c1N)C1CC1. The summed E-state index contributed by atoms with van der Waals surface area (Å²) in [4.78, 5) is 15.5. The minimum atomic E-state index is 0.116. The molecular weight excluding hydrogens is 268 g/mol.